The van der Waals surface area contributed by atoms with E-state index in [0.717, 1.165) is 21.6 Å². The molecule has 3 nitrogen and oxygen atoms in total. The van der Waals surface area contributed by atoms with Crippen molar-refractivity contribution in [3.63, 3.8) is 0 Å². The number of nitrogens with one attached hydrogen (secondary N) is 1. The molecule has 0 aliphatic carbocycles. The van der Waals surface area contributed by atoms with Crippen molar-refractivity contribution in [1.29, 1.82) is 0 Å². The molecule has 0 aliphatic rings. The Morgan fingerprint density at radius 1 is 1.33 bits per heavy atom. The van der Waals surface area contributed by atoms with Crippen molar-refractivity contribution in [2.75, 3.05) is 7.11 Å². The molecule has 0 saturated carbocycles. The maximum absolute atomic E-state index is 5.46. The number of hydrogen-bond donors (Lipinski definition) is 1. The summed E-state index contributed by atoms with van der Waals surface area (Å²) in [6, 6.07) is 6.33. The molecule has 4 heteroatoms. The van der Waals surface area contributed by atoms with Crippen LogP contribution >= 0.6 is 12.2 Å². The second-order valence-electron chi connectivity index (χ2n) is 5.70. The van der Waals surface area contributed by atoms with E-state index < -0.39 is 0 Å². The lowest BCUT2D eigenvalue weighted by Crippen LogP contribution is -2.21. The number of methoxy groups -OCH3 is 1. The van der Waals surface area contributed by atoms with E-state index in [1.807, 2.05) is 12.1 Å². The first-order valence-electron chi connectivity index (χ1n) is 6.13. The fourth-order valence-corrected chi connectivity index (χ4v) is 2.42. The van der Waals surface area contributed by atoms with Gasteiger partial charge in [0.2, 0.25) is 0 Å². The normalized spacial score (nSPS) is 13.8. The molecule has 98 valence electrons. The maximum Gasteiger partial charge on any atom is 0.178 e. The number of hydrogen-bond acceptors (Lipinski definition) is 2. The molecule has 2 aromatic rings. The first-order valence-corrected chi connectivity index (χ1v) is 6.54. The minimum absolute atomic E-state index is 0.149. The van der Waals surface area contributed by atoms with Crippen molar-refractivity contribution in [2.24, 2.45) is 5.41 Å². The summed E-state index contributed by atoms with van der Waals surface area (Å²) < 4.78 is 8.29. The topological polar surface area (TPSA) is 29.9 Å². The summed E-state index contributed by atoms with van der Waals surface area (Å²) in [7, 11) is 1.68. The van der Waals surface area contributed by atoms with Crippen LogP contribution in [0.3, 0.4) is 0 Å². The van der Waals surface area contributed by atoms with Gasteiger partial charge in [0.05, 0.1) is 12.6 Å². The highest BCUT2D eigenvalue weighted by Crippen LogP contribution is 2.34. The van der Waals surface area contributed by atoms with Gasteiger partial charge >= 0.3 is 0 Å². The van der Waals surface area contributed by atoms with E-state index in [1.54, 1.807) is 7.11 Å². The highest BCUT2D eigenvalue weighted by molar-refractivity contribution is 7.71. The molecule has 18 heavy (non-hydrogen) atoms. The Labute approximate surface area is 113 Å². The number of benzene rings is 1. The van der Waals surface area contributed by atoms with Gasteiger partial charge in [0.25, 0.3) is 0 Å². The lowest BCUT2D eigenvalue weighted by Gasteiger charge is -2.29. The first kappa shape index (κ1) is 13.1. The zero-order valence-electron chi connectivity index (χ0n) is 11.6. The van der Waals surface area contributed by atoms with E-state index in [9.17, 15) is 0 Å². The van der Waals surface area contributed by atoms with Crippen molar-refractivity contribution in [3.05, 3.63) is 23.0 Å². The summed E-state index contributed by atoms with van der Waals surface area (Å²) in [6.45, 7) is 8.86. The van der Waals surface area contributed by atoms with E-state index in [4.69, 9.17) is 17.0 Å². The number of para-hydroxylation sites is 1. The summed E-state index contributed by atoms with van der Waals surface area (Å²) >= 11 is 5.46. The molecule has 2 rings (SSSR count). The minimum atomic E-state index is 0.149. The second kappa shape index (κ2) is 4.43. The SMILES string of the molecule is COc1cccc2c1[nH]c(=S)n2C(C)C(C)(C)C. The van der Waals surface area contributed by atoms with Crippen LogP contribution in [-0.2, 0) is 0 Å². The second-order valence-corrected chi connectivity index (χ2v) is 6.08. The van der Waals surface area contributed by atoms with Crippen LogP contribution in [0.15, 0.2) is 18.2 Å². The van der Waals surface area contributed by atoms with Gasteiger partial charge in [0.15, 0.2) is 4.77 Å². The van der Waals surface area contributed by atoms with Gasteiger partial charge in [0.1, 0.15) is 11.3 Å². The molecule has 0 aliphatic heterocycles. The average molecular weight is 264 g/mol. The van der Waals surface area contributed by atoms with Crippen molar-refractivity contribution in [1.82, 2.24) is 9.55 Å². The van der Waals surface area contributed by atoms with Crippen LogP contribution in [0.5, 0.6) is 5.75 Å². The molecule has 0 fully saturated rings. The highest BCUT2D eigenvalue weighted by Gasteiger charge is 2.24. The number of aromatic nitrogens is 2. The molecule has 1 N–H and O–H groups in total. The molecule has 0 radical (unpaired) electrons. The van der Waals surface area contributed by atoms with Crippen LogP contribution in [0.1, 0.15) is 33.7 Å². The number of fused-ring (bicyclic) bond motifs is 1. The zero-order valence-corrected chi connectivity index (χ0v) is 12.4. The lowest BCUT2D eigenvalue weighted by molar-refractivity contribution is 0.265. The van der Waals surface area contributed by atoms with Crippen molar-refractivity contribution >= 4 is 23.3 Å². The van der Waals surface area contributed by atoms with Gasteiger partial charge in [0, 0.05) is 6.04 Å². The van der Waals surface area contributed by atoms with Crippen LogP contribution in [0.25, 0.3) is 11.0 Å². The van der Waals surface area contributed by atoms with Crippen LogP contribution in [0.2, 0.25) is 0 Å². The third-order valence-electron chi connectivity index (χ3n) is 3.58. The maximum atomic E-state index is 5.46. The van der Waals surface area contributed by atoms with Gasteiger partial charge in [-0.3, -0.25) is 0 Å². The summed E-state index contributed by atoms with van der Waals surface area (Å²) in [4.78, 5) is 3.25. The number of imidazole rings is 1. The van der Waals surface area contributed by atoms with E-state index in [1.165, 1.54) is 0 Å². The van der Waals surface area contributed by atoms with Crippen LogP contribution in [0.4, 0.5) is 0 Å². The molecule has 0 amide bonds. The van der Waals surface area contributed by atoms with Gasteiger partial charge < -0.3 is 14.3 Å². The van der Waals surface area contributed by atoms with E-state index in [-0.39, 0.29) is 5.41 Å². The summed E-state index contributed by atoms with van der Waals surface area (Å²) in [5, 5.41) is 0. The Balaban J connectivity index is 2.73. The van der Waals surface area contributed by atoms with Crippen LogP contribution in [-0.4, -0.2) is 16.7 Å². The van der Waals surface area contributed by atoms with Crippen molar-refractivity contribution in [2.45, 2.75) is 33.7 Å². The molecule has 0 saturated heterocycles. The van der Waals surface area contributed by atoms with Gasteiger partial charge in [-0.15, -0.1) is 0 Å². The van der Waals surface area contributed by atoms with E-state index >= 15 is 0 Å². The van der Waals surface area contributed by atoms with E-state index in [2.05, 4.69) is 43.3 Å². The Kier molecular flexibility index (Phi) is 3.23. The smallest absolute Gasteiger partial charge is 0.178 e. The molecule has 0 spiro atoms. The Morgan fingerprint density at radius 3 is 2.56 bits per heavy atom. The molecule has 1 aromatic carbocycles. The highest BCUT2D eigenvalue weighted by atomic mass is 32.1. The predicted octanol–water partition coefficient (Wildman–Crippen LogP) is 4.31. The minimum Gasteiger partial charge on any atom is -0.494 e. The number of rotatable bonds is 2. The Hall–Kier alpha value is -1.29. The van der Waals surface area contributed by atoms with Gasteiger partial charge in [-0.1, -0.05) is 26.8 Å². The van der Waals surface area contributed by atoms with Gasteiger partial charge in [-0.2, -0.15) is 0 Å². The van der Waals surface area contributed by atoms with Gasteiger partial charge in [-0.05, 0) is 36.7 Å². The summed E-state index contributed by atoms with van der Waals surface area (Å²) in [5.74, 6) is 0.832. The molecular weight excluding hydrogens is 244 g/mol. The predicted molar refractivity (Wildman–Crippen MR) is 77.8 cm³/mol. The summed E-state index contributed by atoms with van der Waals surface area (Å²) in [5.41, 5.74) is 2.22. The standard InChI is InChI=1S/C14H20N2OS/c1-9(14(2,3)4)16-10-7-6-8-11(17-5)12(10)15-13(16)18/h6-9H,1-5H3,(H,15,18). The zero-order chi connectivity index (χ0) is 13.5. The number of aromatic amines is 1. The summed E-state index contributed by atoms with van der Waals surface area (Å²) in [6.07, 6.45) is 0. The monoisotopic (exact) mass is 264 g/mol. The third kappa shape index (κ3) is 2.05. The quantitative estimate of drug-likeness (QED) is 0.819. The van der Waals surface area contributed by atoms with Crippen LogP contribution in [0, 0.1) is 10.2 Å². The molecule has 1 unspecified atom stereocenters. The molecule has 1 aromatic heterocycles. The fourth-order valence-electron chi connectivity index (χ4n) is 2.06. The van der Waals surface area contributed by atoms with Crippen molar-refractivity contribution < 1.29 is 4.74 Å². The Morgan fingerprint density at radius 2 is 2.00 bits per heavy atom. The molecule has 1 atom stereocenters. The van der Waals surface area contributed by atoms with Crippen molar-refractivity contribution in [3.8, 4) is 5.75 Å². The number of H-pyrrole nitrogens is 1. The number of ether oxygens (including phenoxy) is 1. The largest absolute Gasteiger partial charge is 0.494 e. The third-order valence-corrected chi connectivity index (χ3v) is 3.87. The average Bonchev–Trinajstić information content (AvgIpc) is 2.62. The molecule has 0 bridgehead atoms. The van der Waals surface area contributed by atoms with E-state index in [0.29, 0.717) is 6.04 Å². The molecule has 1 heterocycles. The number of nitrogens with zero attached hydrogens (tertiary/aromatic N) is 1. The first-order chi connectivity index (χ1) is 8.36. The molecular formula is C14H20N2OS. The lowest BCUT2D eigenvalue weighted by atomic mass is 9.88. The Bertz CT molecular complexity index is 619. The van der Waals surface area contributed by atoms with Crippen LogP contribution < -0.4 is 4.74 Å². The fraction of sp³-hybridized carbons (Fsp3) is 0.500. The van der Waals surface area contributed by atoms with Gasteiger partial charge in [-0.25, -0.2) is 0 Å².